The van der Waals surface area contributed by atoms with E-state index in [0.717, 1.165) is 53.3 Å². The summed E-state index contributed by atoms with van der Waals surface area (Å²) in [6.07, 6.45) is 5.99. The SMILES string of the molecule is Cc1c(Cc2c(Cl)cccc2Cl)c(=O)ccn1CCCc1ccc(-c2cnc(CN)[nH]2)cc1.Cl. The van der Waals surface area contributed by atoms with Crippen LogP contribution in [0.1, 0.15) is 34.6 Å². The molecule has 2 aromatic carbocycles. The fourth-order valence-corrected chi connectivity index (χ4v) is 4.51. The third-order valence-electron chi connectivity index (χ3n) is 5.94. The van der Waals surface area contributed by atoms with Gasteiger partial charge in [0.15, 0.2) is 5.43 Å². The molecule has 0 radical (unpaired) electrons. The van der Waals surface area contributed by atoms with Gasteiger partial charge in [-0.3, -0.25) is 4.79 Å². The van der Waals surface area contributed by atoms with Crippen LogP contribution in [0.3, 0.4) is 0 Å². The lowest BCUT2D eigenvalue weighted by atomic mass is 10.0. The highest BCUT2D eigenvalue weighted by Gasteiger charge is 2.13. The van der Waals surface area contributed by atoms with Crippen LogP contribution in [-0.2, 0) is 25.9 Å². The Balaban J connectivity index is 0.00000324. The topological polar surface area (TPSA) is 76.7 Å². The van der Waals surface area contributed by atoms with Gasteiger partial charge in [0, 0.05) is 46.5 Å². The number of pyridine rings is 1. The molecule has 0 fully saturated rings. The van der Waals surface area contributed by atoms with Crippen LogP contribution in [-0.4, -0.2) is 14.5 Å². The van der Waals surface area contributed by atoms with Crippen molar-refractivity contribution in [1.29, 1.82) is 0 Å². The Morgan fingerprint density at radius 2 is 1.74 bits per heavy atom. The minimum absolute atomic E-state index is 0. The average molecular weight is 518 g/mol. The third-order valence-corrected chi connectivity index (χ3v) is 6.65. The van der Waals surface area contributed by atoms with Gasteiger partial charge in [0.1, 0.15) is 5.82 Å². The molecule has 4 aromatic rings. The first-order valence-electron chi connectivity index (χ1n) is 10.9. The van der Waals surface area contributed by atoms with Crippen LogP contribution in [0.4, 0.5) is 0 Å². The molecule has 8 heteroatoms. The molecule has 0 saturated carbocycles. The van der Waals surface area contributed by atoms with Gasteiger partial charge < -0.3 is 15.3 Å². The number of hydrogen-bond acceptors (Lipinski definition) is 3. The quantitative estimate of drug-likeness (QED) is 0.303. The number of halogens is 3. The van der Waals surface area contributed by atoms with Crippen molar-refractivity contribution < 1.29 is 0 Å². The Morgan fingerprint density at radius 1 is 1.03 bits per heavy atom. The summed E-state index contributed by atoms with van der Waals surface area (Å²) in [5.41, 5.74) is 11.4. The van der Waals surface area contributed by atoms with Crippen molar-refractivity contribution in [3.8, 4) is 11.3 Å². The van der Waals surface area contributed by atoms with Crippen LogP contribution < -0.4 is 11.2 Å². The smallest absolute Gasteiger partial charge is 0.185 e. The molecule has 0 aliphatic carbocycles. The molecule has 0 aliphatic heterocycles. The summed E-state index contributed by atoms with van der Waals surface area (Å²) in [6.45, 7) is 3.20. The van der Waals surface area contributed by atoms with Gasteiger partial charge in [0.2, 0.25) is 0 Å². The van der Waals surface area contributed by atoms with Crippen molar-refractivity contribution in [2.24, 2.45) is 5.73 Å². The molecule has 0 aliphatic rings. The van der Waals surface area contributed by atoms with Gasteiger partial charge in [-0.25, -0.2) is 4.98 Å². The van der Waals surface area contributed by atoms with E-state index in [2.05, 4.69) is 38.8 Å². The molecule has 0 atom stereocenters. The molecule has 0 amide bonds. The first-order chi connectivity index (χ1) is 16.0. The standard InChI is InChI=1S/C26H26Cl2N4O.ClH/c1-17-20(14-21-22(27)5-2-6-23(21)28)25(33)11-13-32(17)12-3-4-18-7-9-19(10-8-18)24-16-30-26(15-29)31-24;/h2,5-11,13,16H,3-4,12,14-15,29H2,1H3,(H,30,31);1H. The van der Waals surface area contributed by atoms with Gasteiger partial charge in [0.05, 0.1) is 18.4 Å². The van der Waals surface area contributed by atoms with Gasteiger partial charge in [-0.2, -0.15) is 0 Å². The fourth-order valence-electron chi connectivity index (χ4n) is 3.97. The Kier molecular flexibility index (Phi) is 8.97. The van der Waals surface area contributed by atoms with Crippen LogP contribution >= 0.6 is 35.6 Å². The first kappa shape index (κ1) is 26.0. The second-order valence-electron chi connectivity index (χ2n) is 8.06. The zero-order chi connectivity index (χ0) is 23.4. The van der Waals surface area contributed by atoms with Crippen LogP contribution in [0.15, 0.2) is 65.7 Å². The summed E-state index contributed by atoms with van der Waals surface area (Å²) in [5.74, 6) is 0.779. The number of rotatable bonds is 8. The van der Waals surface area contributed by atoms with Crippen molar-refractivity contribution >= 4 is 35.6 Å². The van der Waals surface area contributed by atoms with E-state index >= 15 is 0 Å². The van der Waals surface area contributed by atoms with Crippen LogP contribution in [0.25, 0.3) is 11.3 Å². The highest BCUT2D eigenvalue weighted by molar-refractivity contribution is 6.36. The molecule has 0 saturated heterocycles. The zero-order valence-corrected chi connectivity index (χ0v) is 21.2. The molecule has 0 unspecified atom stereocenters. The number of nitrogens with two attached hydrogens (primary N) is 1. The molecule has 3 N–H and O–H groups in total. The van der Waals surface area contributed by atoms with E-state index in [9.17, 15) is 4.79 Å². The number of nitrogens with zero attached hydrogens (tertiary/aromatic N) is 2. The Labute approximate surface area is 215 Å². The molecular weight excluding hydrogens is 491 g/mol. The number of H-pyrrole nitrogens is 1. The molecule has 2 heterocycles. The van der Waals surface area contributed by atoms with Crippen molar-refractivity contribution in [2.45, 2.75) is 39.3 Å². The number of imidazole rings is 1. The molecule has 178 valence electrons. The lowest BCUT2D eigenvalue weighted by Crippen LogP contribution is -2.17. The van der Waals surface area contributed by atoms with Gasteiger partial charge in [-0.1, -0.05) is 53.5 Å². The number of benzene rings is 2. The molecule has 2 aromatic heterocycles. The van der Waals surface area contributed by atoms with E-state index in [0.29, 0.717) is 23.0 Å². The number of aryl methyl sites for hydroxylation is 2. The van der Waals surface area contributed by atoms with Gasteiger partial charge in [-0.15, -0.1) is 12.4 Å². The predicted molar refractivity (Wildman–Crippen MR) is 142 cm³/mol. The Bertz CT molecular complexity index is 1290. The fraction of sp³-hybridized carbons (Fsp3) is 0.231. The van der Waals surface area contributed by atoms with Crippen molar-refractivity contribution in [3.05, 3.63) is 109 Å². The summed E-state index contributed by atoms with van der Waals surface area (Å²) in [5, 5.41) is 1.16. The summed E-state index contributed by atoms with van der Waals surface area (Å²) in [6, 6.07) is 15.5. The number of nitrogens with one attached hydrogen (secondary N) is 1. The minimum atomic E-state index is 0. The monoisotopic (exact) mass is 516 g/mol. The maximum Gasteiger partial charge on any atom is 0.185 e. The highest BCUT2D eigenvalue weighted by atomic mass is 35.5. The largest absolute Gasteiger partial charge is 0.351 e. The lowest BCUT2D eigenvalue weighted by molar-refractivity contribution is 0.618. The molecule has 0 bridgehead atoms. The van der Waals surface area contributed by atoms with Gasteiger partial charge in [-0.05, 0) is 48.6 Å². The van der Waals surface area contributed by atoms with Crippen molar-refractivity contribution in [2.75, 3.05) is 0 Å². The lowest BCUT2D eigenvalue weighted by Gasteiger charge is -2.15. The Hall–Kier alpha value is -2.57. The van der Waals surface area contributed by atoms with E-state index in [1.807, 2.05) is 25.4 Å². The van der Waals surface area contributed by atoms with Crippen molar-refractivity contribution in [3.63, 3.8) is 0 Å². The summed E-state index contributed by atoms with van der Waals surface area (Å²) < 4.78 is 2.13. The number of aromatic amines is 1. The molecular formula is C26H27Cl3N4O. The Morgan fingerprint density at radius 3 is 2.38 bits per heavy atom. The van der Waals surface area contributed by atoms with Crippen LogP contribution in [0.5, 0.6) is 0 Å². The van der Waals surface area contributed by atoms with E-state index in [-0.39, 0.29) is 17.8 Å². The second kappa shape index (κ2) is 11.7. The average Bonchev–Trinajstić information content (AvgIpc) is 3.30. The van der Waals surface area contributed by atoms with E-state index in [1.54, 1.807) is 18.2 Å². The second-order valence-corrected chi connectivity index (χ2v) is 8.88. The molecule has 34 heavy (non-hydrogen) atoms. The predicted octanol–water partition coefficient (Wildman–Crippen LogP) is 5.96. The molecule has 0 spiro atoms. The summed E-state index contributed by atoms with van der Waals surface area (Å²) >= 11 is 12.7. The maximum atomic E-state index is 12.6. The van der Waals surface area contributed by atoms with Gasteiger partial charge in [0.25, 0.3) is 0 Å². The number of aromatic nitrogens is 3. The summed E-state index contributed by atoms with van der Waals surface area (Å²) in [7, 11) is 0. The van der Waals surface area contributed by atoms with Crippen LogP contribution in [0.2, 0.25) is 10.0 Å². The van der Waals surface area contributed by atoms with E-state index in [4.69, 9.17) is 28.9 Å². The van der Waals surface area contributed by atoms with Crippen molar-refractivity contribution in [1.82, 2.24) is 14.5 Å². The normalized spacial score (nSPS) is 10.8. The summed E-state index contributed by atoms with van der Waals surface area (Å²) in [4.78, 5) is 20.0. The molecule has 5 nitrogen and oxygen atoms in total. The third kappa shape index (κ3) is 5.91. The zero-order valence-electron chi connectivity index (χ0n) is 18.9. The van der Waals surface area contributed by atoms with E-state index < -0.39 is 0 Å². The van der Waals surface area contributed by atoms with Gasteiger partial charge >= 0.3 is 0 Å². The maximum absolute atomic E-state index is 12.6. The van der Waals surface area contributed by atoms with E-state index in [1.165, 1.54) is 5.56 Å². The molecule has 4 rings (SSSR count). The first-order valence-corrected chi connectivity index (χ1v) is 11.7. The number of hydrogen-bond donors (Lipinski definition) is 2. The van der Waals surface area contributed by atoms with Crippen LogP contribution in [0, 0.1) is 6.92 Å². The minimum Gasteiger partial charge on any atom is -0.351 e. The highest BCUT2D eigenvalue weighted by Crippen LogP contribution is 2.27.